The van der Waals surface area contributed by atoms with Crippen molar-refractivity contribution in [3.63, 3.8) is 0 Å². The average molecular weight is 266 g/mol. The van der Waals surface area contributed by atoms with E-state index in [-0.39, 0.29) is 0 Å². The SMILES string of the molecule is Cn1cc(CNc2ccc(S(C)(=O)=O)cc2)nn1. The Morgan fingerprint density at radius 1 is 1.28 bits per heavy atom. The molecular formula is C11H14N4O2S. The Kier molecular flexibility index (Phi) is 3.33. The Bertz CT molecular complexity index is 631. The summed E-state index contributed by atoms with van der Waals surface area (Å²) in [5.41, 5.74) is 1.66. The second-order valence-corrected chi connectivity index (χ2v) is 6.05. The maximum atomic E-state index is 11.3. The number of hydrogen-bond acceptors (Lipinski definition) is 5. The van der Waals surface area contributed by atoms with Gasteiger partial charge < -0.3 is 5.32 Å². The van der Waals surface area contributed by atoms with Crippen molar-refractivity contribution in [1.29, 1.82) is 0 Å². The summed E-state index contributed by atoms with van der Waals surface area (Å²) in [6.45, 7) is 0.548. The van der Waals surface area contributed by atoms with Gasteiger partial charge in [-0.25, -0.2) is 8.42 Å². The van der Waals surface area contributed by atoms with Gasteiger partial charge in [-0.05, 0) is 24.3 Å². The predicted octanol–water partition coefficient (Wildman–Crippen LogP) is 0.831. The highest BCUT2D eigenvalue weighted by Crippen LogP contribution is 2.14. The van der Waals surface area contributed by atoms with E-state index in [4.69, 9.17) is 0 Å². The molecule has 1 aromatic heterocycles. The van der Waals surface area contributed by atoms with Crippen LogP contribution in [0.1, 0.15) is 5.69 Å². The molecule has 0 fully saturated rings. The van der Waals surface area contributed by atoms with Gasteiger partial charge in [0.25, 0.3) is 0 Å². The van der Waals surface area contributed by atoms with Crippen molar-refractivity contribution in [2.24, 2.45) is 7.05 Å². The molecule has 0 saturated carbocycles. The zero-order valence-electron chi connectivity index (χ0n) is 10.2. The van der Waals surface area contributed by atoms with Crippen LogP contribution in [-0.2, 0) is 23.4 Å². The molecule has 0 unspecified atom stereocenters. The fourth-order valence-electron chi connectivity index (χ4n) is 1.49. The van der Waals surface area contributed by atoms with E-state index >= 15 is 0 Å². The van der Waals surface area contributed by atoms with Gasteiger partial charge in [0.15, 0.2) is 9.84 Å². The lowest BCUT2D eigenvalue weighted by Crippen LogP contribution is -2.01. The first kappa shape index (κ1) is 12.6. The van der Waals surface area contributed by atoms with Crippen LogP contribution in [0, 0.1) is 0 Å². The fraction of sp³-hybridized carbons (Fsp3) is 0.273. The minimum atomic E-state index is -3.14. The van der Waals surface area contributed by atoms with Crippen molar-refractivity contribution < 1.29 is 8.42 Å². The third-order valence-corrected chi connectivity index (χ3v) is 3.53. The molecule has 0 atom stereocenters. The minimum absolute atomic E-state index is 0.313. The van der Waals surface area contributed by atoms with Crippen LogP contribution in [0.25, 0.3) is 0 Å². The molecule has 0 saturated heterocycles. The molecule has 0 bridgehead atoms. The normalized spacial score (nSPS) is 11.4. The van der Waals surface area contributed by atoms with Crippen molar-refractivity contribution in [2.75, 3.05) is 11.6 Å². The molecule has 2 rings (SSSR count). The number of rotatable bonds is 4. The van der Waals surface area contributed by atoms with E-state index in [1.165, 1.54) is 6.26 Å². The van der Waals surface area contributed by atoms with Gasteiger partial charge in [0, 0.05) is 25.2 Å². The lowest BCUT2D eigenvalue weighted by Gasteiger charge is -2.04. The van der Waals surface area contributed by atoms with Gasteiger partial charge in [0.1, 0.15) is 5.69 Å². The standard InChI is InChI=1S/C11H14N4O2S/c1-15-8-10(13-14-15)7-12-9-3-5-11(6-4-9)18(2,16)17/h3-6,8,12H,7H2,1-2H3. The lowest BCUT2D eigenvalue weighted by molar-refractivity contribution is 0.602. The number of sulfone groups is 1. The van der Waals surface area contributed by atoms with Crippen molar-refractivity contribution in [1.82, 2.24) is 15.0 Å². The molecule has 0 aliphatic heterocycles. The third-order valence-electron chi connectivity index (χ3n) is 2.41. The van der Waals surface area contributed by atoms with E-state index in [0.717, 1.165) is 11.4 Å². The molecule has 6 nitrogen and oxygen atoms in total. The van der Waals surface area contributed by atoms with Crippen LogP contribution in [0.2, 0.25) is 0 Å². The van der Waals surface area contributed by atoms with Crippen LogP contribution >= 0.6 is 0 Å². The van der Waals surface area contributed by atoms with Crippen LogP contribution in [0.15, 0.2) is 35.4 Å². The summed E-state index contributed by atoms with van der Waals surface area (Å²) in [5, 5.41) is 10.9. The Labute approximate surface area is 106 Å². The minimum Gasteiger partial charge on any atom is -0.379 e. The van der Waals surface area contributed by atoms with Crippen molar-refractivity contribution in [3.05, 3.63) is 36.2 Å². The Morgan fingerprint density at radius 3 is 2.44 bits per heavy atom. The van der Waals surface area contributed by atoms with E-state index in [1.54, 1.807) is 36.0 Å². The van der Waals surface area contributed by atoms with E-state index < -0.39 is 9.84 Å². The molecule has 0 radical (unpaired) electrons. The summed E-state index contributed by atoms with van der Waals surface area (Å²) in [6.07, 6.45) is 3.01. The molecule has 18 heavy (non-hydrogen) atoms. The summed E-state index contributed by atoms with van der Waals surface area (Å²) >= 11 is 0. The highest BCUT2D eigenvalue weighted by atomic mass is 32.2. The maximum Gasteiger partial charge on any atom is 0.175 e. The summed E-state index contributed by atoms with van der Waals surface area (Å²) in [6, 6.07) is 6.61. The number of aryl methyl sites for hydroxylation is 1. The zero-order valence-corrected chi connectivity index (χ0v) is 11.0. The molecule has 2 aromatic rings. The van der Waals surface area contributed by atoms with Crippen molar-refractivity contribution in [2.45, 2.75) is 11.4 Å². The number of nitrogens with one attached hydrogen (secondary N) is 1. The highest BCUT2D eigenvalue weighted by Gasteiger charge is 2.06. The van der Waals surface area contributed by atoms with Crippen LogP contribution < -0.4 is 5.32 Å². The topological polar surface area (TPSA) is 76.9 Å². The van der Waals surface area contributed by atoms with Gasteiger partial charge in [0.2, 0.25) is 0 Å². The Balaban J connectivity index is 2.03. The first-order chi connectivity index (χ1) is 8.45. The quantitative estimate of drug-likeness (QED) is 0.887. The summed E-state index contributed by atoms with van der Waals surface area (Å²) in [7, 11) is -1.33. The molecule has 0 aliphatic carbocycles. The largest absolute Gasteiger partial charge is 0.379 e. The van der Waals surface area contributed by atoms with Crippen LogP contribution in [0.4, 0.5) is 5.69 Å². The number of aromatic nitrogens is 3. The molecule has 0 aliphatic rings. The van der Waals surface area contributed by atoms with Gasteiger partial charge in [-0.1, -0.05) is 5.21 Å². The van der Waals surface area contributed by atoms with Crippen LogP contribution in [0.5, 0.6) is 0 Å². The van der Waals surface area contributed by atoms with Gasteiger partial charge in [0.05, 0.1) is 11.4 Å². The molecular weight excluding hydrogens is 252 g/mol. The zero-order chi connectivity index (χ0) is 13.2. The Morgan fingerprint density at radius 2 is 1.94 bits per heavy atom. The number of benzene rings is 1. The van der Waals surface area contributed by atoms with Crippen molar-refractivity contribution in [3.8, 4) is 0 Å². The van der Waals surface area contributed by atoms with E-state index in [1.807, 2.05) is 6.20 Å². The first-order valence-corrected chi connectivity index (χ1v) is 7.23. The molecule has 0 amide bonds. The summed E-state index contributed by atoms with van der Waals surface area (Å²) in [5.74, 6) is 0. The number of anilines is 1. The molecule has 1 aromatic carbocycles. The summed E-state index contributed by atoms with van der Waals surface area (Å²) in [4.78, 5) is 0.313. The highest BCUT2D eigenvalue weighted by molar-refractivity contribution is 7.90. The van der Waals surface area contributed by atoms with Gasteiger partial charge in [-0.15, -0.1) is 5.10 Å². The van der Waals surface area contributed by atoms with Crippen LogP contribution in [0.3, 0.4) is 0 Å². The smallest absolute Gasteiger partial charge is 0.175 e. The molecule has 7 heteroatoms. The third kappa shape index (κ3) is 3.07. The second kappa shape index (κ2) is 4.77. The number of hydrogen-bond donors (Lipinski definition) is 1. The van der Waals surface area contributed by atoms with Gasteiger partial charge in [-0.3, -0.25) is 4.68 Å². The fourth-order valence-corrected chi connectivity index (χ4v) is 2.12. The summed E-state index contributed by atoms with van der Waals surface area (Å²) < 4.78 is 24.2. The first-order valence-electron chi connectivity index (χ1n) is 5.34. The van der Waals surface area contributed by atoms with Gasteiger partial charge >= 0.3 is 0 Å². The maximum absolute atomic E-state index is 11.3. The van der Waals surface area contributed by atoms with Crippen molar-refractivity contribution >= 4 is 15.5 Å². The molecule has 0 spiro atoms. The monoisotopic (exact) mass is 266 g/mol. The van der Waals surface area contributed by atoms with E-state index in [2.05, 4.69) is 15.6 Å². The molecule has 1 N–H and O–H groups in total. The number of nitrogens with zero attached hydrogens (tertiary/aromatic N) is 3. The second-order valence-electron chi connectivity index (χ2n) is 4.03. The van der Waals surface area contributed by atoms with E-state index in [9.17, 15) is 8.42 Å². The average Bonchev–Trinajstić information content (AvgIpc) is 2.72. The predicted molar refractivity (Wildman–Crippen MR) is 67.9 cm³/mol. The van der Waals surface area contributed by atoms with Gasteiger partial charge in [-0.2, -0.15) is 0 Å². The van der Waals surface area contributed by atoms with E-state index in [0.29, 0.717) is 11.4 Å². The molecule has 1 heterocycles. The lowest BCUT2D eigenvalue weighted by atomic mass is 10.3. The Hall–Kier alpha value is -1.89. The van der Waals surface area contributed by atoms with Crippen LogP contribution in [-0.4, -0.2) is 29.7 Å². The molecule has 96 valence electrons.